The Kier molecular flexibility index (Phi) is 5.12. The summed E-state index contributed by atoms with van der Waals surface area (Å²) in [6.45, 7) is -0.195. The van der Waals surface area contributed by atoms with Crippen LogP contribution >= 0.6 is 0 Å². The van der Waals surface area contributed by atoms with Gasteiger partial charge < -0.3 is 13.7 Å². The summed E-state index contributed by atoms with van der Waals surface area (Å²) >= 11 is 0. The van der Waals surface area contributed by atoms with Gasteiger partial charge in [0.1, 0.15) is 0 Å². The maximum atomic E-state index is 13.4. The summed E-state index contributed by atoms with van der Waals surface area (Å²) in [5, 5.41) is 6.55. The zero-order chi connectivity index (χ0) is 20.5. The fraction of sp³-hybridized carbons (Fsp3) is 0.188. The van der Waals surface area contributed by atoms with Crippen LogP contribution < -0.4 is 10.3 Å². The van der Waals surface area contributed by atoms with Gasteiger partial charge in [0.25, 0.3) is 11.4 Å². The summed E-state index contributed by atoms with van der Waals surface area (Å²) in [5.74, 6) is -3.43. The van der Waals surface area contributed by atoms with Crippen LogP contribution in [0.3, 0.4) is 0 Å². The number of halogens is 6. The van der Waals surface area contributed by atoms with E-state index in [1.54, 1.807) is 0 Å². The molecule has 3 rings (SSSR count). The van der Waals surface area contributed by atoms with Crippen LogP contribution in [0.25, 0.3) is 11.5 Å². The molecule has 0 aliphatic carbocycles. The Labute approximate surface area is 152 Å². The number of rotatable bonds is 5. The van der Waals surface area contributed by atoms with Gasteiger partial charge in [-0.15, -0.1) is 23.4 Å². The number of hydrogen-bond donors (Lipinski definition) is 0. The van der Waals surface area contributed by atoms with Crippen molar-refractivity contribution in [3.05, 3.63) is 64.2 Å². The first-order chi connectivity index (χ1) is 13.1. The Bertz CT molecular complexity index is 1040. The lowest BCUT2D eigenvalue weighted by Gasteiger charge is -2.12. The molecule has 0 saturated carbocycles. The lowest BCUT2D eigenvalue weighted by atomic mass is 10.2. The minimum absolute atomic E-state index is 0.0841. The van der Waals surface area contributed by atoms with Crippen molar-refractivity contribution in [2.75, 3.05) is 0 Å². The predicted molar refractivity (Wildman–Crippen MR) is 81.1 cm³/mol. The van der Waals surface area contributed by atoms with Crippen molar-refractivity contribution in [2.24, 2.45) is 0 Å². The Morgan fingerprint density at radius 1 is 1.14 bits per heavy atom. The third-order valence-corrected chi connectivity index (χ3v) is 3.44. The van der Waals surface area contributed by atoms with Gasteiger partial charge in [0.2, 0.25) is 5.89 Å². The van der Waals surface area contributed by atoms with E-state index < -0.39 is 35.8 Å². The number of nitrogens with zero attached hydrogens (tertiary/aromatic N) is 3. The van der Waals surface area contributed by atoms with Gasteiger partial charge in [-0.3, -0.25) is 4.79 Å². The van der Waals surface area contributed by atoms with Crippen molar-refractivity contribution in [1.82, 2.24) is 14.8 Å². The Morgan fingerprint density at radius 2 is 1.89 bits per heavy atom. The minimum Gasteiger partial charge on any atom is -0.415 e. The molecule has 3 aromatic rings. The molecule has 148 valence electrons. The molecule has 12 heteroatoms. The van der Waals surface area contributed by atoms with Gasteiger partial charge in [0.15, 0.2) is 11.6 Å². The van der Waals surface area contributed by atoms with E-state index in [0.717, 1.165) is 22.8 Å². The number of pyridine rings is 1. The van der Waals surface area contributed by atoms with Gasteiger partial charge in [-0.2, -0.15) is 8.78 Å². The van der Waals surface area contributed by atoms with Crippen LogP contribution in [0.5, 0.6) is 5.75 Å². The molecule has 0 spiro atoms. The molecule has 0 aliphatic heterocycles. The van der Waals surface area contributed by atoms with Crippen LogP contribution in [0.1, 0.15) is 17.9 Å². The highest BCUT2D eigenvalue weighted by Gasteiger charge is 2.32. The van der Waals surface area contributed by atoms with Crippen molar-refractivity contribution in [3.8, 4) is 17.2 Å². The predicted octanol–water partition coefficient (Wildman–Crippen LogP) is 3.92. The van der Waals surface area contributed by atoms with E-state index in [-0.39, 0.29) is 23.6 Å². The van der Waals surface area contributed by atoms with Gasteiger partial charge in [0, 0.05) is 17.8 Å². The van der Waals surface area contributed by atoms with E-state index in [4.69, 9.17) is 4.42 Å². The maximum Gasteiger partial charge on any atom is 0.573 e. The van der Waals surface area contributed by atoms with E-state index in [2.05, 4.69) is 14.9 Å². The second-order valence-electron chi connectivity index (χ2n) is 5.44. The molecule has 28 heavy (non-hydrogen) atoms. The van der Waals surface area contributed by atoms with Crippen molar-refractivity contribution in [1.29, 1.82) is 0 Å². The van der Waals surface area contributed by atoms with E-state index in [1.165, 1.54) is 18.3 Å². The summed E-state index contributed by atoms with van der Waals surface area (Å²) in [5.41, 5.74) is -0.383. The third kappa shape index (κ3) is 4.50. The van der Waals surface area contributed by atoms with E-state index in [0.29, 0.717) is 0 Å². The van der Waals surface area contributed by atoms with Crippen LogP contribution in [-0.2, 0) is 6.54 Å². The fourth-order valence-corrected chi connectivity index (χ4v) is 2.26. The van der Waals surface area contributed by atoms with Gasteiger partial charge in [-0.1, -0.05) is 6.07 Å². The SMILES string of the molecule is O=c1cc(-c2nnc(C(F)F)o2)ccn1Cc1ccc(F)c(OC(F)(F)F)c1. The highest BCUT2D eigenvalue weighted by Crippen LogP contribution is 2.27. The molecule has 0 aliphatic rings. The van der Waals surface area contributed by atoms with Crippen LogP contribution in [0.4, 0.5) is 26.3 Å². The molecule has 0 N–H and O–H groups in total. The number of benzene rings is 1. The molecule has 0 amide bonds. The first-order valence-electron chi connectivity index (χ1n) is 7.49. The normalized spacial score (nSPS) is 11.8. The van der Waals surface area contributed by atoms with Crippen molar-refractivity contribution in [3.63, 3.8) is 0 Å². The van der Waals surface area contributed by atoms with Crippen molar-refractivity contribution < 1.29 is 35.5 Å². The first-order valence-corrected chi connectivity index (χ1v) is 7.49. The van der Waals surface area contributed by atoms with Gasteiger partial charge >= 0.3 is 12.8 Å². The Hall–Kier alpha value is -3.31. The molecule has 0 saturated heterocycles. The third-order valence-electron chi connectivity index (χ3n) is 3.44. The van der Waals surface area contributed by atoms with Crippen LogP contribution in [-0.4, -0.2) is 21.1 Å². The van der Waals surface area contributed by atoms with E-state index in [9.17, 15) is 31.1 Å². The zero-order valence-electron chi connectivity index (χ0n) is 13.6. The molecule has 0 atom stereocenters. The summed E-state index contributed by atoms with van der Waals surface area (Å²) in [6, 6.07) is 5.13. The average molecular weight is 405 g/mol. The summed E-state index contributed by atoms with van der Waals surface area (Å²) in [7, 11) is 0. The smallest absolute Gasteiger partial charge is 0.415 e. The molecular formula is C16H9F6N3O3. The van der Waals surface area contributed by atoms with E-state index in [1.807, 2.05) is 0 Å². The van der Waals surface area contributed by atoms with Crippen molar-refractivity contribution >= 4 is 0 Å². The van der Waals surface area contributed by atoms with Crippen LogP contribution in [0, 0.1) is 5.82 Å². The van der Waals surface area contributed by atoms with Gasteiger partial charge in [0.05, 0.1) is 6.54 Å². The summed E-state index contributed by atoms with van der Waals surface area (Å²) in [4.78, 5) is 12.2. The lowest BCUT2D eigenvalue weighted by Crippen LogP contribution is -2.20. The molecule has 0 radical (unpaired) electrons. The highest BCUT2D eigenvalue weighted by molar-refractivity contribution is 5.51. The second-order valence-corrected chi connectivity index (χ2v) is 5.44. The van der Waals surface area contributed by atoms with Gasteiger partial charge in [-0.05, 0) is 23.8 Å². The van der Waals surface area contributed by atoms with E-state index >= 15 is 0 Å². The number of ether oxygens (including phenoxy) is 1. The topological polar surface area (TPSA) is 70.2 Å². The number of alkyl halides is 5. The molecule has 1 aromatic carbocycles. The van der Waals surface area contributed by atoms with Crippen LogP contribution in [0.2, 0.25) is 0 Å². The first kappa shape index (κ1) is 19.5. The molecular weight excluding hydrogens is 396 g/mol. The lowest BCUT2D eigenvalue weighted by molar-refractivity contribution is -0.275. The molecule has 0 unspecified atom stereocenters. The quantitative estimate of drug-likeness (QED) is 0.602. The average Bonchev–Trinajstić information content (AvgIpc) is 3.09. The highest BCUT2D eigenvalue weighted by atomic mass is 19.4. The standard InChI is InChI=1S/C16H9F6N3O3/c17-10-2-1-8(5-11(10)28-16(20,21)22)7-25-4-3-9(6-12(25)26)14-23-24-15(27-14)13(18)19/h1-6,13H,7H2. The fourth-order valence-electron chi connectivity index (χ4n) is 2.26. The molecule has 2 aromatic heterocycles. The molecule has 2 heterocycles. The monoisotopic (exact) mass is 405 g/mol. The Morgan fingerprint density at radius 3 is 2.50 bits per heavy atom. The summed E-state index contributed by atoms with van der Waals surface area (Å²) < 4.78 is 84.7. The van der Waals surface area contributed by atoms with Gasteiger partial charge in [-0.25, -0.2) is 4.39 Å². The molecule has 0 fully saturated rings. The largest absolute Gasteiger partial charge is 0.573 e. The molecule has 6 nitrogen and oxygen atoms in total. The van der Waals surface area contributed by atoms with Crippen LogP contribution in [0.15, 0.2) is 45.7 Å². The van der Waals surface area contributed by atoms with Crippen molar-refractivity contribution in [2.45, 2.75) is 19.3 Å². The number of aromatic nitrogens is 3. The minimum atomic E-state index is -5.07. The number of hydrogen-bond acceptors (Lipinski definition) is 5. The maximum absolute atomic E-state index is 13.4. The second kappa shape index (κ2) is 7.37. The zero-order valence-corrected chi connectivity index (χ0v) is 13.6. The Balaban J connectivity index is 1.83. The summed E-state index contributed by atoms with van der Waals surface area (Å²) in [6.07, 6.45) is -6.79. The molecule has 0 bridgehead atoms.